The van der Waals surface area contributed by atoms with E-state index in [1.807, 2.05) is 23.4 Å². The first-order chi connectivity index (χ1) is 10.2. The van der Waals surface area contributed by atoms with Gasteiger partial charge in [-0.2, -0.15) is 0 Å². The molecule has 6 heteroatoms. The van der Waals surface area contributed by atoms with Crippen molar-refractivity contribution in [1.29, 1.82) is 0 Å². The second-order valence-electron chi connectivity index (χ2n) is 5.44. The zero-order valence-electron chi connectivity index (χ0n) is 12.5. The number of carbonyl (C=O) groups excluding carboxylic acids is 1. The molecule has 1 aliphatic rings. The molecule has 0 aliphatic carbocycles. The van der Waals surface area contributed by atoms with Gasteiger partial charge in [0.15, 0.2) is 0 Å². The van der Waals surface area contributed by atoms with Gasteiger partial charge in [0.05, 0.1) is 10.2 Å². The molecule has 21 heavy (non-hydrogen) atoms. The van der Waals surface area contributed by atoms with E-state index in [2.05, 4.69) is 21.8 Å². The van der Waals surface area contributed by atoms with Gasteiger partial charge in [0, 0.05) is 26.2 Å². The summed E-state index contributed by atoms with van der Waals surface area (Å²) < 4.78 is 0.889. The van der Waals surface area contributed by atoms with Crippen molar-refractivity contribution in [3.8, 4) is 0 Å². The molecule has 0 spiro atoms. The van der Waals surface area contributed by atoms with Crippen LogP contribution in [0.15, 0.2) is 17.8 Å². The lowest BCUT2D eigenvalue weighted by Gasteiger charge is -2.36. The molecule has 0 aromatic carbocycles. The van der Waals surface area contributed by atoms with Gasteiger partial charge in [0.1, 0.15) is 12.0 Å². The van der Waals surface area contributed by atoms with Crippen LogP contribution in [0.4, 0.5) is 0 Å². The van der Waals surface area contributed by atoms with Crippen LogP contribution in [0.25, 0.3) is 10.2 Å². The minimum absolute atomic E-state index is 0.0137. The molecule has 1 amide bonds. The van der Waals surface area contributed by atoms with Crippen molar-refractivity contribution in [2.45, 2.75) is 25.8 Å². The van der Waals surface area contributed by atoms with Gasteiger partial charge < -0.3 is 9.80 Å². The van der Waals surface area contributed by atoms with E-state index in [-0.39, 0.29) is 5.91 Å². The Labute approximate surface area is 128 Å². The molecule has 5 nitrogen and oxygen atoms in total. The van der Waals surface area contributed by atoms with Crippen LogP contribution in [0.5, 0.6) is 0 Å². The molecule has 3 heterocycles. The van der Waals surface area contributed by atoms with E-state index in [0.29, 0.717) is 11.7 Å². The number of thiophene rings is 1. The largest absolute Gasteiger partial charge is 0.337 e. The Morgan fingerprint density at radius 3 is 2.90 bits per heavy atom. The summed E-state index contributed by atoms with van der Waals surface area (Å²) in [6.07, 6.45) is 3.55. The van der Waals surface area contributed by atoms with Crippen LogP contribution in [0, 0.1) is 0 Å². The SMILES string of the molecule is CCN1CCC(N(C)C(=O)c2ncnc3ccsc23)CC1. The number of piperidine rings is 1. The highest BCUT2D eigenvalue weighted by Crippen LogP contribution is 2.24. The molecule has 0 N–H and O–H groups in total. The molecule has 0 unspecified atom stereocenters. The summed E-state index contributed by atoms with van der Waals surface area (Å²) >= 11 is 1.53. The van der Waals surface area contributed by atoms with E-state index in [1.54, 1.807) is 0 Å². The van der Waals surface area contributed by atoms with Gasteiger partial charge in [-0.25, -0.2) is 9.97 Å². The first-order valence-electron chi connectivity index (χ1n) is 7.38. The number of rotatable bonds is 3. The number of amides is 1. The summed E-state index contributed by atoms with van der Waals surface area (Å²) in [7, 11) is 1.90. The Hall–Kier alpha value is -1.53. The zero-order valence-corrected chi connectivity index (χ0v) is 13.3. The number of hydrogen-bond donors (Lipinski definition) is 0. The Balaban J connectivity index is 1.77. The molecule has 0 atom stereocenters. The second kappa shape index (κ2) is 6.07. The first-order valence-corrected chi connectivity index (χ1v) is 8.26. The summed E-state index contributed by atoms with van der Waals surface area (Å²) in [4.78, 5) is 25.5. The average Bonchev–Trinajstić information content (AvgIpc) is 3.02. The topological polar surface area (TPSA) is 49.3 Å². The Morgan fingerprint density at radius 1 is 1.43 bits per heavy atom. The first kappa shape index (κ1) is 14.4. The van der Waals surface area contributed by atoms with Crippen molar-refractivity contribution in [3.05, 3.63) is 23.5 Å². The summed E-state index contributed by atoms with van der Waals surface area (Å²) in [6.45, 7) is 5.41. The summed E-state index contributed by atoms with van der Waals surface area (Å²) in [5.74, 6) is 0.0137. The normalized spacial score (nSPS) is 17.2. The number of nitrogens with zero attached hydrogens (tertiary/aromatic N) is 4. The van der Waals surface area contributed by atoms with Gasteiger partial charge in [0.2, 0.25) is 0 Å². The maximum atomic E-state index is 12.7. The average molecular weight is 304 g/mol. The molecule has 3 rings (SSSR count). The standard InChI is InChI=1S/C15H20N4OS/c1-3-19-7-4-11(5-8-19)18(2)15(20)13-14-12(6-9-21-14)16-10-17-13/h6,9-11H,3-5,7-8H2,1-2H3. The van der Waals surface area contributed by atoms with E-state index in [0.717, 1.165) is 42.7 Å². The minimum Gasteiger partial charge on any atom is -0.337 e. The highest BCUT2D eigenvalue weighted by atomic mass is 32.1. The third-order valence-electron chi connectivity index (χ3n) is 4.32. The summed E-state index contributed by atoms with van der Waals surface area (Å²) in [6, 6.07) is 2.24. The van der Waals surface area contributed by atoms with Crippen LogP contribution in [0.1, 0.15) is 30.3 Å². The van der Waals surface area contributed by atoms with Crippen molar-refractivity contribution in [2.75, 3.05) is 26.7 Å². The van der Waals surface area contributed by atoms with Crippen molar-refractivity contribution in [3.63, 3.8) is 0 Å². The molecule has 112 valence electrons. The molecule has 0 bridgehead atoms. The Morgan fingerprint density at radius 2 is 2.19 bits per heavy atom. The molecule has 1 fully saturated rings. The molecular weight excluding hydrogens is 284 g/mol. The van der Waals surface area contributed by atoms with E-state index >= 15 is 0 Å². The van der Waals surface area contributed by atoms with Crippen LogP contribution in [-0.2, 0) is 0 Å². The van der Waals surface area contributed by atoms with E-state index in [9.17, 15) is 4.79 Å². The lowest BCUT2D eigenvalue weighted by atomic mass is 10.0. The van der Waals surface area contributed by atoms with Crippen LogP contribution in [-0.4, -0.2) is 58.4 Å². The Bertz CT molecular complexity index is 633. The molecule has 1 aliphatic heterocycles. The lowest BCUT2D eigenvalue weighted by Crippen LogP contribution is -2.45. The fourth-order valence-electron chi connectivity index (χ4n) is 2.90. The van der Waals surface area contributed by atoms with Crippen molar-refractivity contribution in [1.82, 2.24) is 19.8 Å². The molecular formula is C15H20N4OS. The smallest absolute Gasteiger partial charge is 0.274 e. The zero-order chi connectivity index (χ0) is 14.8. The fraction of sp³-hybridized carbons (Fsp3) is 0.533. The number of carbonyl (C=O) groups is 1. The van der Waals surface area contributed by atoms with E-state index in [1.165, 1.54) is 17.7 Å². The van der Waals surface area contributed by atoms with Gasteiger partial charge in [-0.05, 0) is 30.8 Å². The van der Waals surface area contributed by atoms with Crippen molar-refractivity contribution in [2.24, 2.45) is 0 Å². The number of aromatic nitrogens is 2. The quantitative estimate of drug-likeness (QED) is 0.872. The predicted octanol–water partition coefficient (Wildman–Crippen LogP) is 2.25. The number of hydrogen-bond acceptors (Lipinski definition) is 5. The minimum atomic E-state index is 0.0137. The van der Waals surface area contributed by atoms with Gasteiger partial charge in [-0.1, -0.05) is 6.92 Å². The third kappa shape index (κ3) is 2.78. The predicted molar refractivity (Wildman–Crippen MR) is 84.6 cm³/mol. The van der Waals surface area contributed by atoms with Crippen LogP contribution in [0.2, 0.25) is 0 Å². The fourth-order valence-corrected chi connectivity index (χ4v) is 3.72. The number of fused-ring (bicyclic) bond motifs is 1. The van der Waals surface area contributed by atoms with Crippen LogP contribution < -0.4 is 0 Å². The molecule has 2 aromatic rings. The monoisotopic (exact) mass is 304 g/mol. The van der Waals surface area contributed by atoms with Gasteiger partial charge in [0.25, 0.3) is 5.91 Å². The van der Waals surface area contributed by atoms with E-state index < -0.39 is 0 Å². The molecule has 2 aromatic heterocycles. The maximum Gasteiger partial charge on any atom is 0.274 e. The highest BCUT2D eigenvalue weighted by molar-refractivity contribution is 7.17. The molecule has 1 saturated heterocycles. The van der Waals surface area contributed by atoms with Gasteiger partial charge in [-0.15, -0.1) is 11.3 Å². The summed E-state index contributed by atoms with van der Waals surface area (Å²) in [5.41, 5.74) is 1.39. The van der Waals surface area contributed by atoms with Crippen LogP contribution >= 0.6 is 11.3 Å². The maximum absolute atomic E-state index is 12.7. The van der Waals surface area contributed by atoms with Gasteiger partial charge in [-0.3, -0.25) is 4.79 Å². The van der Waals surface area contributed by atoms with Crippen LogP contribution in [0.3, 0.4) is 0 Å². The number of likely N-dealkylation sites (tertiary alicyclic amines) is 1. The third-order valence-corrected chi connectivity index (χ3v) is 5.23. The Kier molecular flexibility index (Phi) is 4.17. The molecule has 0 saturated carbocycles. The van der Waals surface area contributed by atoms with Crippen molar-refractivity contribution >= 4 is 27.5 Å². The second-order valence-corrected chi connectivity index (χ2v) is 6.35. The lowest BCUT2D eigenvalue weighted by molar-refractivity contribution is 0.0643. The molecule has 0 radical (unpaired) electrons. The van der Waals surface area contributed by atoms with Crippen molar-refractivity contribution < 1.29 is 4.79 Å². The van der Waals surface area contributed by atoms with Gasteiger partial charge >= 0.3 is 0 Å². The summed E-state index contributed by atoms with van der Waals surface area (Å²) in [5, 5.41) is 1.95. The van der Waals surface area contributed by atoms with E-state index in [4.69, 9.17) is 0 Å². The highest BCUT2D eigenvalue weighted by Gasteiger charge is 2.27.